The fourth-order valence-electron chi connectivity index (χ4n) is 4.87. The SMILES string of the molecule is CC(C)(C)Cn1cc(/C(=N/S(=O)(=O)C2CCC2)C2CC2)c2ccc(-c3ccccc3C(F)(F)F)cc21. The van der Waals surface area contributed by atoms with E-state index in [4.69, 9.17) is 0 Å². The maximum absolute atomic E-state index is 13.7. The van der Waals surface area contributed by atoms with E-state index in [-0.39, 0.29) is 16.9 Å². The molecule has 0 aliphatic heterocycles. The zero-order valence-electron chi connectivity index (χ0n) is 20.8. The molecule has 0 atom stereocenters. The summed E-state index contributed by atoms with van der Waals surface area (Å²) in [7, 11) is -3.59. The lowest BCUT2D eigenvalue weighted by Crippen LogP contribution is -2.28. The lowest BCUT2D eigenvalue weighted by Gasteiger charge is -2.23. The molecule has 2 aliphatic carbocycles. The molecule has 0 N–H and O–H groups in total. The van der Waals surface area contributed by atoms with Crippen LogP contribution in [0.5, 0.6) is 0 Å². The molecule has 2 aliphatic rings. The van der Waals surface area contributed by atoms with E-state index in [2.05, 4.69) is 25.2 Å². The van der Waals surface area contributed by atoms with Crippen LogP contribution >= 0.6 is 0 Å². The highest BCUT2D eigenvalue weighted by Crippen LogP contribution is 2.41. The smallest absolute Gasteiger partial charge is 0.346 e. The van der Waals surface area contributed by atoms with E-state index >= 15 is 0 Å². The molecular formula is C28H31F3N2O2S. The number of alkyl halides is 3. The fraction of sp³-hybridized carbons (Fsp3) is 0.464. The Balaban J connectivity index is 1.69. The summed E-state index contributed by atoms with van der Waals surface area (Å²) < 4.78 is 73.6. The van der Waals surface area contributed by atoms with Gasteiger partial charge in [0, 0.05) is 35.1 Å². The van der Waals surface area contributed by atoms with Crippen molar-refractivity contribution >= 4 is 26.6 Å². The summed E-state index contributed by atoms with van der Waals surface area (Å²) >= 11 is 0. The first-order chi connectivity index (χ1) is 16.8. The predicted octanol–water partition coefficient (Wildman–Crippen LogP) is 7.45. The Bertz CT molecular complexity index is 1440. The van der Waals surface area contributed by atoms with E-state index in [1.54, 1.807) is 18.2 Å². The van der Waals surface area contributed by atoms with Gasteiger partial charge in [0.25, 0.3) is 10.0 Å². The lowest BCUT2D eigenvalue weighted by atomic mass is 9.96. The predicted molar refractivity (Wildman–Crippen MR) is 138 cm³/mol. The summed E-state index contributed by atoms with van der Waals surface area (Å²) in [4.78, 5) is 0. The molecule has 2 aromatic carbocycles. The number of benzene rings is 2. The molecule has 0 radical (unpaired) electrons. The molecule has 3 aromatic rings. The molecule has 0 bridgehead atoms. The van der Waals surface area contributed by atoms with Gasteiger partial charge in [-0.3, -0.25) is 0 Å². The highest BCUT2D eigenvalue weighted by Gasteiger charge is 2.37. The second-order valence-electron chi connectivity index (χ2n) is 11.3. The molecule has 8 heteroatoms. The Morgan fingerprint density at radius 1 is 1.03 bits per heavy atom. The van der Waals surface area contributed by atoms with Gasteiger partial charge in [0.15, 0.2) is 0 Å². The first-order valence-corrected chi connectivity index (χ1v) is 14.0. The molecule has 0 amide bonds. The molecule has 2 saturated carbocycles. The molecule has 1 aromatic heterocycles. The number of rotatable bonds is 6. The second kappa shape index (κ2) is 8.75. The summed E-state index contributed by atoms with van der Waals surface area (Å²) in [6.07, 6.45) is 1.47. The summed E-state index contributed by atoms with van der Waals surface area (Å²) in [6, 6.07) is 10.9. The van der Waals surface area contributed by atoms with Gasteiger partial charge in [-0.25, -0.2) is 8.42 Å². The van der Waals surface area contributed by atoms with E-state index in [1.165, 1.54) is 12.1 Å². The van der Waals surface area contributed by atoms with Crippen LogP contribution < -0.4 is 0 Å². The van der Waals surface area contributed by atoms with Gasteiger partial charge >= 0.3 is 6.18 Å². The number of fused-ring (bicyclic) bond motifs is 1. The van der Waals surface area contributed by atoms with Gasteiger partial charge in [0.2, 0.25) is 0 Å². The van der Waals surface area contributed by atoms with Gasteiger partial charge in [-0.15, -0.1) is 0 Å². The summed E-state index contributed by atoms with van der Waals surface area (Å²) in [6.45, 7) is 6.91. The second-order valence-corrected chi connectivity index (χ2v) is 13.2. The third-order valence-electron chi connectivity index (χ3n) is 7.01. The van der Waals surface area contributed by atoms with Crippen LogP contribution in [0, 0.1) is 11.3 Å². The number of nitrogens with zero attached hydrogens (tertiary/aromatic N) is 2. The largest absolute Gasteiger partial charge is 0.417 e. The van der Waals surface area contributed by atoms with Crippen LogP contribution in [-0.4, -0.2) is 23.9 Å². The van der Waals surface area contributed by atoms with Gasteiger partial charge in [0.1, 0.15) is 0 Å². The van der Waals surface area contributed by atoms with Crippen LogP contribution in [0.3, 0.4) is 0 Å². The third kappa shape index (κ3) is 4.97. The standard InChI is InChI=1S/C28H31F3N2O2S/c1-27(2,3)17-33-16-23(26(18-11-12-18)32-36(34,35)20-7-6-8-20)22-14-13-19(15-25(22)33)21-9-4-5-10-24(21)28(29,30)31/h4-5,9-10,13-16,18,20H,6-8,11-12,17H2,1-3H3/b32-26+. The minimum atomic E-state index is -4.47. The van der Waals surface area contributed by atoms with Crippen molar-refractivity contribution in [3.05, 3.63) is 59.8 Å². The fourth-order valence-corrected chi connectivity index (χ4v) is 6.47. The van der Waals surface area contributed by atoms with Gasteiger partial charge < -0.3 is 4.57 Å². The van der Waals surface area contributed by atoms with E-state index in [1.807, 2.05) is 16.8 Å². The first-order valence-electron chi connectivity index (χ1n) is 12.5. The molecule has 0 saturated heterocycles. The van der Waals surface area contributed by atoms with Gasteiger partial charge in [-0.05, 0) is 54.4 Å². The van der Waals surface area contributed by atoms with Crippen molar-refractivity contribution < 1.29 is 21.6 Å². The summed E-state index contributed by atoms with van der Waals surface area (Å²) in [5.74, 6) is 0.0965. The van der Waals surface area contributed by atoms with Crippen molar-refractivity contribution in [1.82, 2.24) is 4.57 Å². The number of halogens is 3. The Morgan fingerprint density at radius 2 is 1.72 bits per heavy atom. The van der Waals surface area contributed by atoms with Crippen molar-refractivity contribution in [2.24, 2.45) is 15.7 Å². The zero-order valence-corrected chi connectivity index (χ0v) is 21.6. The first kappa shape index (κ1) is 25.1. The van der Waals surface area contributed by atoms with E-state index < -0.39 is 27.0 Å². The lowest BCUT2D eigenvalue weighted by molar-refractivity contribution is -0.137. The number of sulfonamides is 1. The quantitative estimate of drug-likeness (QED) is 0.320. The summed E-state index contributed by atoms with van der Waals surface area (Å²) in [5.41, 5.74) is 1.98. The average molecular weight is 517 g/mol. The molecule has 4 nitrogen and oxygen atoms in total. The topological polar surface area (TPSA) is 51.4 Å². The van der Waals surface area contributed by atoms with Gasteiger partial charge in [-0.2, -0.15) is 17.6 Å². The third-order valence-corrected chi connectivity index (χ3v) is 8.77. The number of hydrogen-bond acceptors (Lipinski definition) is 2. The Labute approximate surface area is 210 Å². The van der Waals surface area contributed by atoms with E-state index in [9.17, 15) is 21.6 Å². The van der Waals surface area contributed by atoms with Crippen molar-refractivity contribution in [3.63, 3.8) is 0 Å². The minimum absolute atomic E-state index is 0.0965. The maximum atomic E-state index is 13.7. The van der Waals surface area contributed by atoms with Crippen molar-refractivity contribution in [3.8, 4) is 11.1 Å². The molecule has 192 valence electrons. The Hall–Kier alpha value is -2.61. The Kier molecular flexibility index (Phi) is 6.09. The van der Waals surface area contributed by atoms with Crippen molar-refractivity contribution in [2.75, 3.05) is 0 Å². The molecular weight excluding hydrogens is 485 g/mol. The average Bonchev–Trinajstić information content (AvgIpc) is 3.52. The highest BCUT2D eigenvalue weighted by atomic mass is 32.2. The maximum Gasteiger partial charge on any atom is 0.417 e. The van der Waals surface area contributed by atoms with Crippen LogP contribution in [0.15, 0.2) is 53.1 Å². The highest BCUT2D eigenvalue weighted by molar-refractivity contribution is 7.91. The molecule has 5 rings (SSSR count). The molecule has 2 fully saturated rings. The zero-order chi connectivity index (χ0) is 25.9. The molecule has 0 spiro atoms. The van der Waals surface area contributed by atoms with E-state index in [0.717, 1.165) is 41.8 Å². The molecule has 0 unspecified atom stereocenters. The number of hydrogen-bond donors (Lipinski definition) is 0. The normalized spacial score (nSPS) is 18.0. The van der Waals surface area contributed by atoms with E-state index in [0.29, 0.717) is 30.7 Å². The van der Waals surface area contributed by atoms with Gasteiger partial charge in [0.05, 0.1) is 16.5 Å². The van der Waals surface area contributed by atoms with Crippen LogP contribution in [0.25, 0.3) is 22.0 Å². The minimum Gasteiger partial charge on any atom is -0.346 e. The summed E-state index contributed by atoms with van der Waals surface area (Å²) in [5, 5.41) is 0.418. The van der Waals surface area contributed by atoms with Crippen LogP contribution in [0.4, 0.5) is 13.2 Å². The van der Waals surface area contributed by atoms with Gasteiger partial charge in [-0.1, -0.05) is 57.5 Å². The number of aromatic nitrogens is 1. The monoisotopic (exact) mass is 516 g/mol. The van der Waals surface area contributed by atoms with Crippen LogP contribution in [-0.2, 0) is 22.7 Å². The van der Waals surface area contributed by atoms with Crippen LogP contribution in [0.2, 0.25) is 0 Å². The van der Waals surface area contributed by atoms with Crippen LogP contribution in [0.1, 0.15) is 64.0 Å². The van der Waals surface area contributed by atoms with Crippen molar-refractivity contribution in [1.29, 1.82) is 0 Å². The molecule has 36 heavy (non-hydrogen) atoms. The molecule has 1 heterocycles. The van der Waals surface area contributed by atoms with Crippen molar-refractivity contribution in [2.45, 2.75) is 70.8 Å². The Morgan fingerprint density at radius 3 is 2.31 bits per heavy atom.